The highest BCUT2D eigenvalue weighted by molar-refractivity contribution is 6.20. The largest absolute Gasteiger partial charge is 0.396 e. The summed E-state index contributed by atoms with van der Waals surface area (Å²) < 4.78 is 0. The summed E-state index contributed by atoms with van der Waals surface area (Å²) in [6.45, 7) is 3.08. The fourth-order valence-corrected chi connectivity index (χ4v) is 2.49. The van der Waals surface area contributed by atoms with E-state index in [1.165, 1.54) is 5.56 Å². The van der Waals surface area contributed by atoms with E-state index in [9.17, 15) is 5.11 Å². The number of piperidine rings is 1. The molecule has 1 aliphatic rings. The molecule has 1 aromatic carbocycles. The smallest absolute Gasteiger partial charge is 0.0485 e. The van der Waals surface area contributed by atoms with Gasteiger partial charge in [-0.15, -0.1) is 11.6 Å². The number of likely N-dealkylation sites (tertiary alicyclic amines) is 1. The third-order valence-electron chi connectivity index (χ3n) is 3.21. The van der Waals surface area contributed by atoms with Crippen LogP contribution < -0.4 is 0 Å². The molecule has 16 heavy (non-hydrogen) atoms. The molecule has 1 fully saturated rings. The second-order valence-corrected chi connectivity index (χ2v) is 5.03. The van der Waals surface area contributed by atoms with E-state index in [-0.39, 0.29) is 17.9 Å². The van der Waals surface area contributed by atoms with E-state index in [2.05, 4.69) is 29.2 Å². The SMILES string of the molecule is OC[C@H]1CN(Cc2ccccc2)CC[C@@H]1Cl. The van der Waals surface area contributed by atoms with E-state index in [1.807, 2.05) is 6.07 Å². The van der Waals surface area contributed by atoms with Crippen molar-refractivity contribution < 1.29 is 5.11 Å². The summed E-state index contributed by atoms with van der Waals surface area (Å²) in [5, 5.41) is 9.37. The Bertz CT molecular complexity index is 317. The lowest BCUT2D eigenvalue weighted by Gasteiger charge is -2.35. The molecule has 3 heteroatoms. The average Bonchev–Trinajstić information content (AvgIpc) is 2.33. The molecular formula is C13H18ClNO. The van der Waals surface area contributed by atoms with Crippen LogP contribution >= 0.6 is 11.6 Å². The van der Waals surface area contributed by atoms with E-state index in [0.29, 0.717) is 0 Å². The summed E-state index contributed by atoms with van der Waals surface area (Å²) in [7, 11) is 0. The number of hydrogen-bond donors (Lipinski definition) is 1. The van der Waals surface area contributed by atoms with Crippen LogP contribution in [-0.4, -0.2) is 35.1 Å². The van der Waals surface area contributed by atoms with Crippen molar-refractivity contribution in [3.8, 4) is 0 Å². The van der Waals surface area contributed by atoms with Gasteiger partial charge in [-0.25, -0.2) is 0 Å². The second-order valence-electron chi connectivity index (χ2n) is 4.47. The van der Waals surface area contributed by atoms with Gasteiger partial charge in [0.05, 0.1) is 0 Å². The molecule has 0 aliphatic carbocycles. The van der Waals surface area contributed by atoms with Crippen molar-refractivity contribution in [2.24, 2.45) is 5.92 Å². The van der Waals surface area contributed by atoms with Crippen LogP contribution in [0.3, 0.4) is 0 Å². The molecule has 1 N–H and O–H groups in total. The maximum Gasteiger partial charge on any atom is 0.0485 e. The average molecular weight is 240 g/mol. The minimum Gasteiger partial charge on any atom is -0.396 e. The molecule has 0 amide bonds. The zero-order valence-corrected chi connectivity index (χ0v) is 10.1. The van der Waals surface area contributed by atoms with Gasteiger partial charge < -0.3 is 5.11 Å². The van der Waals surface area contributed by atoms with E-state index >= 15 is 0 Å². The first-order valence-electron chi connectivity index (χ1n) is 5.81. The molecular weight excluding hydrogens is 222 g/mol. The summed E-state index contributed by atoms with van der Waals surface area (Å²) in [6, 6.07) is 10.4. The Morgan fingerprint density at radius 1 is 1.31 bits per heavy atom. The Labute approximate surface area is 102 Å². The molecule has 1 heterocycles. The summed E-state index contributed by atoms with van der Waals surface area (Å²) in [4.78, 5) is 2.37. The van der Waals surface area contributed by atoms with E-state index in [1.54, 1.807) is 0 Å². The van der Waals surface area contributed by atoms with Crippen LogP contribution in [0.15, 0.2) is 30.3 Å². The number of hydrogen-bond acceptors (Lipinski definition) is 2. The third-order valence-corrected chi connectivity index (χ3v) is 3.78. The zero-order valence-electron chi connectivity index (χ0n) is 9.35. The van der Waals surface area contributed by atoms with E-state index in [4.69, 9.17) is 11.6 Å². The fraction of sp³-hybridized carbons (Fsp3) is 0.538. The third kappa shape index (κ3) is 2.97. The summed E-state index contributed by atoms with van der Waals surface area (Å²) in [6.07, 6.45) is 0.972. The standard InChI is InChI=1S/C13H18ClNO/c14-13-6-7-15(9-12(13)10-16)8-11-4-2-1-3-5-11/h1-5,12-13,16H,6-10H2/t12-,13+/m1/s1. The van der Waals surface area contributed by atoms with Crippen LogP contribution in [0, 0.1) is 5.92 Å². The fourth-order valence-electron chi connectivity index (χ4n) is 2.24. The Morgan fingerprint density at radius 2 is 2.06 bits per heavy atom. The number of nitrogens with zero attached hydrogens (tertiary/aromatic N) is 1. The van der Waals surface area contributed by atoms with Gasteiger partial charge >= 0.3 is 0 Å². The zero-order chi connectivity index (χ0) is 11.4. The quantitative estimate of drug-likeness (QED) is 0.817. The predicted molar refractivity (Wildman–Crippen MR) is 66.6 cm³/mol. The Balaban J connectivity index is 1.92. The maximum atomic E-state index is 9.23. The van der Waals surface area contributed by atoms with Crippen molar-refractivity contribution in [1.29, 1.82) is 0 Å². The Kier molecular flexibility index (Phi) is 4.22. The molecule has 0 aromatic heterocycles. The van der Waals surface area contributed by atoms with Crippen molar-refractivity contribution >= 4 is 11.6 Å². The first-order valence-corrected chi connectivity index (χ1v) is 6.24. The molecule has 88 valence electrons. The normalized spacial score (nSPS) is 26.9. The van der Waals surface area contributed by atoms with Crippen molar-refractivity contribution in [3.05, 3.63) is 35.9 Å². The van der Waals surface area contributed by atoms with Gasteiger partial charge in [0, 0.05) is 31.0 Å². The number of alkyl halides is 1. The number of halogens is 1. The van der Waals surface area contributed by atoms with Gasteiger partial charge in [-0.2, -0.15) is 0 Å². The summed E-state index contributed by atoms with van der Waals surface area (Å²) >= 11 is 6.16. The van der Waals surface area contributed by atoms with Gasteiger partial charge in [0.2, 0.25) is 0 Å². The predicted octanol–water partition coefficient (Wildman–Crippen LogP) is 2.11. The molecule has 0 unspecified atom stereocenters. The maximum absolute atomic E-state index is 9.23. The molecule has 0 radical (unpaired) electrons. The topological polar surface area (TPSA) is 23.5 Å². The minimum absolute atomic E-state index is 0.136. The molecule has 0 saturated carbocycles. The van der Waals surface area contributed by atoms with Crippen molar-refractivity contribution in [1.82, 2.24) is 4.90 Å². The number of aliphatic hydroxyl groups is 1. The molecule has 1 aliphatic heterocycles. The number of rotatable bonds is 3. The van der Waals surface area contributed by atoms with Gasteiger partial charge in [-0.05, 0) is 18.5 Å². The lowest BCUT2D eigenvalue weighted by molar-refractivity contribution is 0.119. The minimum atomic E-state index is 0.136. The number of benzene rings is 1. The van der Waals surface area contributed by atoms with Crippen LogP contribution in [0.25, 0.3) is 0 Å². The van der Waals surface area contributed by atoms with Crippen LogP contribution in [0.4, 0.5) is 0 Å². The lowest BCUT2D eigenvalue weighted by atomic mass is 9.98. The summed E-state index contributed by atoms with van der Waals surface area (Å²) in [5.74, 6) is 0.221. The van der Waals surface area contributed by atoms with Crippen LogP contribution in [0.2, 0.25) is 0 Å². The van der Waals surface area contributed by atoms with Gasteiger partial charge in [0.25, 0.3) is 0 Å². The molecule has 2 rings (SSSR count). The monoisotopic (exact) mass is 239 g/mol. The Morgan fingerprint density at radius 3 is 2.75 bits per heavy atom. The molecule has 1 aromatic rings. The van der Waals surface area contributed by atoms with Crippen LogP contribution in [-0.2, 0) is 6.54 Å². The Hall–Kier alpha value is -0.570. The molecule has 1 saturated heterocycles. The summed E-state index contributed by atoms with van der Waals surface area (Å²) in [5.41, 5.74) is 1.33. The van der Waals surface area contributed by atoms with Gasteiger partial charge in [0.15, 0.2) is 0 Å². The molecule has 2 nitrogen and oxygen atoms in total. The first-order chi connectivity index (χ1) is 7.79. The number of aliphatic hydroxyl groups excluding tert-OH is 1. The van der Waals surface area contributed by atoms with Crippen molar-refractivity contribution in [2.75, 3.05) is 19.7 Å². The molecule has 0 spiro atoms. The van der Waals surface area contributed by atoms with Crippen molar-refractivity contribution in [3.63, 3.8) is 0 Å². The highest BCUT2D eigenvalue weighted by atomic mass is 35.5. The van der Waals surface area contributed by atoms with Gasteiger partial charge in [-0.1, -0.05) is 30.3 Å². The molecule has 0 bridgehead atoms. The molecule has 2 atom stereocenters. The van der Waals surface area contributed by atoms with Crippen LogP contribution in [0.5, 0.6) is 0 Å². The van der Waals surface area contributed by atoms with Crippen LogP contribution in [0.1, 0.15) is 12.0 Å². The highest BCUT2D eigenvalue weighted by Gasteiger charge is 2.26. The van der Waals surface area contributed by atoms with Crippen molar-refractivity contribution in [2.45, 2.75) is 18.3 Å². The highest BCUT2D eigenvalue weighted by Crippen LogP contribution is 2.23. The van der Waals surface area contributed by atoms with Gasteiger partial charge in [-0.3, -0.25) is 4.90 Å². The van der Waals surface area contributed by atoms with E-state index in [0.717, 1.165) is 26.1 Å². The lowest BCUT2D eigenvalue weighted by Crippen LogP contribution is -2.42. The second kappa shape index (κ2) is 5.67. The van der Waals surface area contributed by atoms with E-state index < -0.39 is 0 Å². The van der Waals surface area contributed by atoms with Gasteiger partial charge in [0.1, 0.15) is 0 Å². The first kappa shape index (κ1) is 11.9.